The highest BCUT2D eigenvalue weighted by atomic mass is 16.2. The summed E-state index contributed by atoms with van der Waals surface area (Å²) < 4.78 is 1.86. The fourth-order valence-corrected chi connectivity index (χ4v) is 1.67. The fourth-order valence-electron chi connectivity index (χ4n) is 1.67. The lowest BCUT2D eigenvalue weighted by atomic mass is 9.93. The molecule has 1 aliphatic carbocycles. The van der Waals surface area contributed by atoms with Crippen LogP contribution in [-0.2, 0) is 0 Å². The first kappa shape index (κ1) is 9.24. The molecule has 0 aromatic carbocycles. The maximum absolute atomic E-state index is 11.6. The highest BCUT2D eigenvalue weighted by molar-refractivity contribution is 5.92. The molecule has 1 aliphatic rings. The molecular weight excluding hydrogens is 178 g/mol. The zero-order valence-electron chi connectivity index (χ0n) is 8.36. The standard InChI is InChI=1S/C10H15N3O/c1-2-11-10(14)9-6-7-12-13(9)8-4-3-5-8/h6-8H,2-5H2,1H3,(H,11,14). The zero-order valence-corrected chi connectivity index (χ0v) is 8.36. The third kappa shape index (κ3) is 1.52. The van der Waals surface area contributed by atoms with Gasteiger partial charge in [-0.15, -0.1) is 0 Å². The van der Waals surface area contributed by atoms with Crippen LogP contribution in [0.2, 0.25) is 0 Å². The van der Waals surface area contributed by atoms with Gasteiger partial charge in [-0.25, -0.2) is 0 Å². The highest BCUT2D eigenvalue weighted by Crippen LogP contribution is 2.31. The molecule has 1 heterocycles. The molecule has 0 unspecified atom stereocenters. The number of rotatable bonds is 3. The van der Waals surface area contributed by atoms with Crippen LogP contribution >= 0.6 is 0 Å². The van der Waals surface area contributed by atoms with Crippen LogP contribution in [0.4, 0.5) is 0 Å². The van der Waals surface area contributed by atoms with Crippen molar-refractivity contribution in [2.45, 2.75) is 32.2 Å². The number of hydrogen-bond acceptors (Lipinski definition) is 2. The summed E-state index contributed by atoms with van der Waals surface area (Å²) in [5.41, 5.74) is 0.691. The van der Waals surface area contributed by atoms with Gasteiger partial charge in [0, 0.05) is 12.7 Å². The average Bonchev–Trinajstić information content (AvgIpc) is 2.50. The number of aromatic nitrogens is 2. The van der Waals surface area contributed by atoms with E-state index in [9.17, 15) is 4.79 Å². The van der Waals surface area contributed by atoms with Crippen LogP contribution in [-0.4, -0.2) is 22.2 Å². The Balaban J connectivity index is 2.16. The van der Waals surface area contributed by atoms with E-state index in [1.165, 1.54) is 6.42 Å². The normalized spacial score (nSPS) is 16.4. The Labute approximate surface area is 83.3 Å². The Hall–Kier alpha value is -1.32. The first-order valence-corrected chi connectivity index (χ1v) is 5.14. The summed E-state index contributed by atoms with van der Waals surface area (Å²) in [7, 11) is 0. The molecule has 1 aromatic rings. The smallest absolute Gasteiger partial charge is 0.269 e. The first-order valence-electron chi connectivity index (χ1n) is 5.14. The number of amides is 1. The molecule has 0 radical (unpaired) electrons. The molecule has 4 nitrogen and oxygen atoms in total. The summed E-state index contributed by atoms with van der Waals surface area (Å²) in [6.07, 6.45) is 5.24. The van der Waals surface area contributed by atoms with Gasteiger partial charge in [0.15, 0.2) is 0 Å². The maximum Gasteiger partial charge on any atom is 0.269 e. The summed E-state index contributed by atoms with van der Waals surface area (Å²) in [5.74, 6) is -0.0168. The molecule has 0 atom stereocenters. The van der Waals surface area contributed by atoms with E-state index in [-0.39, 0.29) is 5.91 Å². The van der Waals surface area contributed by atoms with Crippen LogP contribution in [0, 0.1) is 0 Å². The number of carbonyl (C=O) groups is 1. The van der Waals surface area contributed by atoms with Crippen LogP contribution in [0.25, 0.3) is 0 Å². The molecule has 0 spiro atoms. The van der Waals surface area contributed by atoms with Crippen LogP contribution < -0.4 is 5.32 Å². The average molecular weight is 193 g/mol. The van der Waals surface area contributed by atoms with Crippen LogP contribution in [0.5, 0.6) is 0 Å². The van der Waals surface area contributed by atoms with E-state index >= 15 is 0 Å². The molecule has 4 heteroatoms. The molecule has 1 saturated carbocycles. The summed E-state index contributed by atoms with van der Waals surface area (Å²) in [4.78, 5) is 11.6. The van der Waals surface area contributed by atoms with E-state index < -0.39 is 0 Å². The molecule has 1 aromatic heterocycles. The molecule has 14 heavy (non-hydrogen) atoms. The van der Waals surface area contributed by atoms with Crippen molar-refractivity contribution in [3.05, 3.63) is 18.0 Å². The Kier molecular flexibility index (Phi) is 2.52. The second kappa shape index (κ2) is 3.82. The summed E-state index contributed by atoms with van der Waals surface area (Å²) in [6, 6.07) is 2.23. The maximum atomic E-state index is 11.6. The number of hydrogen-bond donors (Lipinski definition) is 1. The van der Waals surface area contributed by atoms with Gasteiger partial charge >= 0.3 is 0 Å². The van der Waals surface area contributed by atoms with Gasteiger partial charge in [0.25, 0.3) is 5.91 Å². The molecule has 1 amide bonds. The van der Waals surface area contributed by atoms with Gasteiger partial charge in [-0.1, -0.05) is 0 Å². The number of carbonyl (C=O) groups excluding carboxylic acids is 1. The second-order valence-electron chi connectivity index (χ2n) is 3.61. The minimum atomic E-state index is -0.0168. The summed E-state index contributed by atoms with van der Waals surface area (Å²) >= 11 is 0. The number of nitrogens with one attached hydrogen (secondary N) is 1. The monoisotopic (exact) mass is 193 g/mol. The van der Waals surface area contributed by atoms with E-state index in [1.54, 1.807) is 12.3 Å². The lowest BCUT2D eigenvalue weighted by molar-refractivity contribution is 0.0937. The minimum Gasteiger partial charge on any atom is -0.351 e. The van der Waals surface area contributed by atoms with Gasteiger partial charge < -0.3 is 5.32 Å². The minimum absolute atomic E-state index is 0.0168. The van der Waals surface area contributed by atoms with Gasteiger partial charge in [-0.3, -0.25) is 9.48 Å². The van der Waals surface area contributed by atoms with Crippen molar-refractivity contribution >= 4 is 5.91 Å². The second-order valence-corrected chi connectivity index (χ2v) is 3.61. The number of nitrogens with zero attached hydrogens (tertiary/aromatic N) is 2. The van der Waals surface area contributed by atoms with Gasteiger partial charge in [0.2, 0.25) is 0 Å². The van der Waals surface area contributed by atoms with E-state index in [2.05, 4.69) is 10.4 Å². The zero-order chi connectivity index (χ0) is 9.97. The van der Waals surface area contributed by atoms with Crippen molar-refractivity contribution in [3.63, 3.8) is 0 Å². The molecule has 1 fully saturated rings. The molecular formula is C10H15N3O. The van der Waals surface area contributed by atoms with Crippen molar-refractivity contribution in [1.29, 1.82) is 0 Å². The molecule has 0 aliphatic heterocycles. The molecule has 0 bridgehead atoms. The predicted molar refractivity (Wildman–Crippen MR) is 53.1 cm³/mol. The van der Waals surface area contributed by atoms with Gasteiger partial charge in [0.05, 0.1) is 6.04 Å². The third-order valence-electron chi connectivity index (χ3n) is 2.66. The van der Waals surface area contributed by atoms with Crippen molar-refractivity contribution in [2.24, 2.45) is 0 Å². The van der Waals surface area contributed by atoms with E-state index in [4.69, 9.17) is 0 Å². The van der Waals surface area contributed by atoms with Crippen molar-refractivity contribution in [3.8, 4) is 0 Å². The molecule has 0 saturated heterocycles. The van der Waals surface area contributed by atoms with Crippen molar-refractivity contribution in [1.82, 2.24) is 15.1 Å². The fraction of sp³-hybridized carbons (Fsp3) is 0.600. The van der Waals surface area contributed by atoms with Gasteiger partial charge in [0.1, 0.15) is 5.69 Å². The third-order valence-corrected chi connectivity index (χ3v) is 2.66. The Morgan fingerprint density at radius 2 is 2.50 bits per heavy atom. The van der Waals surface area contributed by atoms with Crippen LogP contribution in [0.1, 0.15) is 42.7 Å². The van der Waals surface area contributed by atoms with E-state index in [0.717, 1.165) is 12.8 Å². The van der Waals surface area contributed by atoms with Crippen LogP contribution in [0.3, 0.4) is 0 Å². The Morgan fingerprint density at radius 1 is 1.71 bits per heavy atom. The first-order chi connectivity index (χ1) is 6.83. The van der Waals surface area contributed by atoms with E-state index in [1.807, 2.05) is 11.6 Å². The SMILES string of the molecule is CCNC(=O)c1ccnn1C1CCC1. The molecule has 76 valence electrons. The Bertz CT molecular complexity index is 328. The topological polar surface area (TPSA) is 46.9 Å². The lowest BCUT2D eigenvalue weighted by Gasteiger charge is -2.27. The summed E-state index contributed by atoms with van der Waals surface area (Å²) in [6.45, 7) is 2.58. The molecule has 1 N–H and O–H groups in total. The largest absolute Gasteiger partial charge is 0.351 e. The van der Waals surface area contributed by atoms with E-state index in [0.29, 0.717) is 18.3 Å². The molecule has 2 rings (SSSR count). The van der Waals surface area contributed by atoms with Crippen LogP contribution in [0.15, 0.2) is 12.3 Å². The quantitative estimate of drug-likeness (QED) is 0.787. The highest BCUT2D eigenvalue weighted by Gasteiger charge is 2.24. The lowest BCUT2D eigenvalue weighted by Crippen LogP contribution is -2.29. The predicted octanol–water partition coefficient (Wildman–Crippen LogP) is 1.36. The Morgan fingerprint density at radius 3 is 3.07 bits per heavy atom. The van der Waals surface area contributed by atoms with Crippen molar-refractivity contribution in [2.75, 3.05) is 6.54 Å². The summed E-state index contributed by atoms with van der Waals surface area (Å²) in [5, 5.41) is 6.99. The van der Waals surface area contributed by atoms with Crippen molar-refractivity contribution < 1.29 is 4.79 Å². The van der Waals surface area contributed by atoms with Gasteiger partial charge in [-0.2, -0.15) is 5.10 Å². The van der Waals surface area contributed by atoms with Gasteiger partial charge in [-0.05, 0) is 32.3 Å².